The Morgan fingerprint density at radius 3 is 1.73 bits per heavy atom. The Hall–Kier alpha value is -3.47. The van der Waals surface area contributed by atoms with Crippen LogP contribution < -0.4 is 0 Å². The highest BCUT2D eigenvalue weighted by molar-refractivity contribution is 5.81. The molecular formula is C21H14F2N2O. The van der Waals surface area contributed by atoms with Crippen LogP contribution in [0.15, 0.2) is 72.8 Å². The molecule has 128 valence electrons. The number of hydrogen-bond acceptors (Lipinski definition) is 2. The van der Waals surface area contributed by atoms with E-state index >= 15 is 0 Å². The van der Waals surface area contributed by atoms with Gasteiger partial charge in [0.25, 0.3) is 0 Å². The molecule has 0 unspecified atom stereocenters. The molecule has 0 aliphatic carbocycles. The highest BCUT2D eigenvalue weighted by atomic mass is 19.1. The molecule has 0 saturated carbocycles. The number of imidazole rings is 1. The standard InChI is InChI=1S/C21H14F2N2O/c22-16-7-1-13(2-8-16)19-20(14-3-9-17(23)10-4-14)25-21(24-19)15-5-11-18(26)12-6-15/h1-12,26H,(H,24,25). The summed E-state index contributed by atoms with van der Waals surface area (Å²) in [5.41, 5.74) is 3.65. The Morgan fingerprint density at radius 2 is 1.15 bits per heavy atom. The highest BCUT2D eigenvalue weighted by Crippen LogP contribution is 2.33. The van der Waals surface area contributed by atoms with Crippen molar-refractivity contribution in [1.82, 2.24) is 9.97 Å². The summed E-state index contributed by atoms with van der Waals surface area (Å²) in [7, 11) is 0. The zero-order valence-electron chi connectivity index (χ0n) is 13.6. The van der Waals surface area contributed by atoms with Crippen molar-refractivity contribution in [2.75, 3.05) is 0 Å². The second-order valence-corrected chi connectivity index (χ2v) is 5.87. The first-order valence-electron chi connectivity index (χ1n) is 8.01. The van der Waals surface area contributed by atoms with E-state index in [2.05, 4.69) is 9.97 Å². The molecule has 0 bridgehead atoms. The summed E-state index contributed by atoms with van der Waals surface area (Å²) < 4.78 is 26.6. The van der Waals surface area contributed by atoms with Crippen molar-refractivity contribution >= 4 is 0 Å². The van der Waals surface area contributed by atoms with Crippen LogP contribution >= 0.6 is 0 Å². The molecule has 0 aliphatic heterocycles. The van der Waals surface area contributed by atoms with Crippen LogP contribution in [0.25, 0.3) is 33.9 Å². The number of aromatic amines is 1. The predicted molar refractivity (Wildman–Crippen MR) is 96.5 cm³/mol. The van der Waals surface area contributed by atoms with Gasteiger partial charge in [0, 0.05) is 16.7 Å². The molecule has 0 fully saturated rings. The van der Waals surface area contributed by atoms with Crippen LogP contribution in [0.3, 0.4) is 0 Å². The van der Waals surface area contributed by atoms with Crippen molar-refractivity contribution in [3.05, 3.63) is 84.4 Å². The fourth-order valence-electron chi connectivity index (χ4n) is 2.77. The van der Waals surface area contributed by atoms with Gasteiger partial charge in [-0.2, -0.15) is 0 Å². The average molecular weight is 348 g/mol. The molecule has 0 atom stereocenters. The van der Waals surface area contributed by atoms with Crippen LogP contribution in [0.5, 0.6) is 5.75 Å². The molecule has 5 heteroatoms. The Balaban J connectivity index is 1.88. The molecular weight excluding hydrogens is 334 g/mol. The van der Waals surface area contributed by atoms with E-state index in [1.807, 2.05) is 0 Å². The first kappa shape index (κ1) is 16.0. The van der Waals surface area contributed by atoms with Gasteiger partial charge in [-0.25, -0.2) is 13.8 Å². The van der Waals surface area contributed by atoms with Gasteiger partial charge in [-0.05, 0) is 72.8 Å². The third-order valence-corrected chi connectivity index (χ3v) is 4.10. The lowest BCUT2D eigenvalue weighted by molar-refractivity contribution is 0.475. The van der Waals surface area contributed by atoms with Crippen LogP contribution in [-0.4, -0.2) is 15.1 Å². The van der Waals surface area contributed by atoms with Crippen LogP contribution in [-0.2, 0) is 0 Å². The van der Waals surface area contributed by atoms with Gasteiger partial charge in [-0.1, -0.05) is 0 Å². The maximum Gasteiger partial charge on any atom is 0.138 e. The van der Waals surface area contributed by atoms with E-state index < -0.39 is 0 Å². The van der Waals surface area contributed by atoms with Crippen molar-refractivity contribution < 1.29 is 13.9 Å². The lowest BCUT2D eigenvalue weighted by atomic mass is 10.1. The molecule has 0 saturated heterocycles. The smallest absolute Gasteiger partial charge is 0.138 e. The second kappa shape index (κ2) is 6.44. The molecule has 2 N–H and O–H groups in total. The quantitative estimate of drug-likeness (QED) is 0.521. The summed E-state index contributed by atoms with van der Waals surface area (Å²) in [6.07, 6.45) is 0. The van der Waals surface area contributed by atoms with Gasteiger partial charge in [-0.15, -0.1) is 0 Å². The van der Waals surface area contributed by atoms with Gasteiger partial charge >= 0.3 is 0 Å². The van der Waals surface area contributed by atoms with Gasteiger partial charge in [0.1, 0.15) is 23.2 Å². The number of phenols is 1. The summed E-state index contributed by atoms with van der Waals surface area (Å²) in [5, 5.41) is 9.47. The van der Waals surface area contributed by atoms with E-state index in [1.54, 1.807) is 48.5 Å². The molecule has 0 amide bonds. The monoisotopic (exact) mass is 348 g/mol. The predicted octanol–water partition coefficient (Wildman–Crippen LogP) is 5.39. The minimum atomic E-state index is -0.327. The summed E-state index contributed by atoms with van der Waals surface area (Å²) in [6.45, 7) is 0. The largest absolute Gasteiger partial charge is 0.508 e. The zero-order chi connectivity index (χ0) is 18.1. The van der Waals surface area contributed by atoms with E-state index in [0.29, 0.717) is 17.2 Å². The Kier molecular flexibility index (Phi) is 3.97. The molecule has 0 spiro atoms. The molecule has 1 heterocycles. The molecule has 4 aromatic rings. The van der Waals surface area contributed by atoms with Crippen molar-refractivity contribution in [1.29, 1.82) is 0 Å². The van der Waals surface area contributed by atoms with E-state index in [-0.39, 0.29) is 17.4 Å². The number of phenolic OH excluding ortho intramolecular Hbond substituents is 1. The number of aromatic nitrogens is 2. The number of hydrogen-bond donors (Lipinski definition) is 2. The Labute approximate surface area is 148 Å². The second-order valence-electron chi connectivity index (χ2n) is 5.87. The van der Waals surface area contributed by atoms with Gasteiger partial charge < -0.3 is 10.1 Å². The maximum absolute atomic E-state index is 13.3. The van der Waals surface area contributed by atoms with Crippen molar-refractivity contribution in [3.8, 4) is 39.7 Å². The van der Waals surface area contributed by atoms with E-state index in [0.717, 1.165) is 16.7 Å². The van der Waals surface area contributed by atoms with Gasteiger partial charge in [0.2, 0.25) is 0 Å². The number of rotatable bonds is 3. The molecule has 26 heavy (non-hydrogen) atoms. The topological polar surface area (TPSA) is 48.9 Å². The first-order valence-corrected chi connectivity index (χ1v) is 8.01. The number of benzene rings is 3. The van der Waals surface area contributed by atoms with Crippen LogP contribution in [0.4, 0.5) is 8.78 Å². The van der Waals surface area contributed by atoms with Crippen molar-refractivity contribution in [2.45, 2.75) is 0 Å². The zero-order valence-corrected chi connectivity index (χ0v) is 13.6. The van der Waals surface area contributed by atoms with Crippen LogP contribution in [0, 0.1) is 11.6 Å². The van der Waals surface area contributed by atoms with Crippen molar-refractivity contribution in [2.24, 2.45) is 0 Å². The molecule has 4 rings (SSSR count). The molecule has 3 aromatic carbocycles. The normalized spacial score (nSPS) is 10.8. The van der Waals surface area contributed by atoms with E-state index in [9.17, 15) is 13.9 Å². The molecule has 3 nitrogen and oxygen atoms in total. The van der Waals surface area contributed by atoms with E-state index in [4.69, 9.17) is 0 Å². The number of aromatic hydroxyl groups is 1. The Morgan fingerprint density at radius 1 is 0.654 bits per heavy atom. The van der Waals surface area contributed by atoms with Gasteiger partial charge in [-0.3, -0.25) is 0 Å². The van der Waals surface area contributed by atoms with Gasteiger partial charge in [0.05, 0.1) is 11.4 Å². The average Bonchev–Trinajstić information content (AvgIpc) is 3.09. The minimum Gasteiger partial charge on any atom is -0.508 e. The SMILES string of the molecule is Oc1ccc(-c2nc(-c3ccc(F)cc3)c(-c3ccc(F)cc3)[nH]2)cc1. The number of H-pyrrole nitrogens is 1. The molecule has 0 radical (unpaired) electrons. The first-order chi connectivity index (χ1) is 12.6. The maximum atomic E-state index is 13.3. The number of nitrogens with one attached hydrogen (secondary N) is 1. The van der Waals surface area contributed by atoms with Crippen LogP contribution in [0.2, 0.25) is 0 Å². The summed E-state index contributed by atoms with van der Waals surface area (Å²) >= 11 is 0. The highest BCUT2D eigenvalue weighted by Gasteiger charge is 2.15. The van der Waals surface area contributed by atoms with Gasteiger partial charge in [0.15, 0.2) is 0 Å². The third-order valence-electron chi connectivity index (χ3n) is 4.10. The minimum absolute atomic E-state index is 0.165. The molecule has 1 aromatic heterocycles. The Bertz CT molecular complexity index is 974. The fourth-order valence-corrected chi connectivity index (χ4v) is 2.77. The summed E-state index contributed by atoms with van der Waals surface area (Å²) in [6, 6.07) is 18.8. The number of halogens is 2. The summed E-state index contributed by atoms with van der Waals surface area (Å²) in [4.78, 5) is 7.91. The lowest BCUT2D eigenvalue weighted by Gasteiger charge is -2.03. The fraction of sp³-hybridized carbons (Fsp3) is 0. The van der Waals surface area contributed by atoms with Crippen LogP contribution in [0.1, 0.15) is 0 Å². The third kappa shape index (κ3) is 3.07. The molecule has 0 aliphatic rings. The van der Waals surface area contributed by atoms with E-state index in [1.165, 1.54) is 24.3 Å². The lowest BCUT2D eigenvalue weighted by Crippen LogP contribution is -1.85. The van der Waals surface area contributed by atoms with Crippen molar-refractivity contribution in [3.63, 3.8) is 0 Å². The number of nitrogens with zero attached hydrogens (tertiary/aromatic N) is 1. The summed E-state index contributed by atoms with van der Waals surface area (Å²) in [5.74, 6) is 0.114.